The fourth-order valence-electron chi connectivity index (χ4n) is 3.09. The van der Waals surface area contributed by atoms with Crippen LogP contribution in [-0.4, -0.2) is 61.2 Å². The number of ether oxygens (including phenoxy) is 1. The number of carbonyl (C=O) groups excluding carboxylic acids is 1. The lowest BCUT2D eigenvalue weighted by atomic mass is 9.86. The van der Waals surface area contributed by atoms with E-state index in [4.69, 9.17) is 4.74 Å². The van der Waals surface area contributed by atoms with Crippen LogP contribution in [0.2, 0.25) is 0 Å². The van der Waals surface area contributed by atoms with Gasteiger partial charge in [0.05, 0.1) is 13.7 Å². The summed E-state index contributed by atoms with van der Waals surface area (Å²) >= 11 is 0. The number of likely N-dealkylation sites (tertiary alicyclic amines) is 1. The minimum absolute atomic E-state index is 0.0511. The molecule has 1 aromatic carbocycles. The van der Waals surface area contributed by atoms with Gasteiger partial charge in [-0.2, -0.15) is 0 Å². The largest absolute Gasteiger partial charge is 0.497 e. The molecular weight excluding hydrogens is 280 g/mol. The Morgan fingerprint density at radius 2 is 2.05 bits per heavy atom. The number of amides is 1. The Bertz CT molecular complexity index is 511. The Labute approximate surface area is 132 Å². The molecule has 122 valence electrons. The highest BCUT2D eigenvalue weighted by atomic mass is 16.5. The second-order valence-corrected chi connectivity index (χ2v) is 6.29. The Balaban J connectivity index is 2.17. The predicted octanol–water partition coefficient (Wildman–Crippen LogP) is 1.46. The van der Waals surface area contributed by atoms with E-state index in [2.05, 4.69) is 4.90 Å². The number of aliphatic hydroxyl groups is 1. The molecule has 0 aliphatic carbocycles. The van der Waals surface area contributed by atoms with Gasteiger partial charge in [0, 0.05) is 20.1 Å². The molecule has 0 spiro atoms. The SMILES string of the molecule is COc1ccc([C@@](C)(O)[C@H]2CCCN2CC(=O)N(C)C)cc1. The van der Waals surface area contributed by atoms with Gasteiger partial charge in [0.1, 0.15) is 11.4 Å². The summed E-state index contributed by atoms with van der Waals surface area (Å²) < 4.78 is 5.17. The highest BCUT2D eigenvalue weighted by molar-refractivity contribution is 5.77. The number of nitrogens with zero attached hydrogens (tertiary/aromatic N) is 2. The molecule has 1 N–H and O–H groups in total. The molecule has 5 nitrogen and oxygen atoms in total. The maximum Gasteiger partial charge on any atom is 0.236 e. The van der Waals surface area contributed by atoms with Crippen LogP contribution < -0.4 is 4.74 Å². The number of likely N-dealkylation sites (N-methyl/N-ethyl adjacent to an activating group) is 1. The molecule has 1 amide bonds. The van der Waals surface area contributed by atoms with Gasteiger partial charge >= 0.3 is 0 Å². The molecule has 0 aromatic heterocycles. The summed E-state index contributed by atoms with van der Waals surface area (Å²) in [5, 5.41) is 11.1. The minimum atomic E-state index is -0.991. The molecule has 1 aromatic rings. The van der Waals surface area contributed by atoms with E-state index < -0.39 is 5.60 Å². The lowest BCUT2D eigenvalue weighted by Gasteiger charge is -2.37. The third-order valence-electron chi connectivity index (χ3n) is 4.52. The molecule has 0 bridgehead atoms. The second-order valence-electron chi connectivity index (χ2n) is 6.29. The van der Waals surface area contributed by atoms with Crippen molar-refractivity contribution in [2.45, 2.75) is 31.4 Å². The van der Waals surface area contributed by atoms with Crippen LogP contribution in [0.3, 0.4) is 0 Å². The fraction of sp³-hybridized carbons (Fsp3) is 0.588. The van der Waals surface area contributed by atoms with Gasteiger partial charge in [-0.15, -0.1) is 0 Å². The number of rotatable bonds is 5. The number of methoxy groups -OCH3 is 1. The second kappa shape index (κ2) is 6.67. The fourth-order valence-corrected chi connectivity index (χ4v) is 3.09. The summed E-state index contributed by atoms with van der Waals surface area (Å²) in [6.45, 7) is 3.03. The van der Waals surface area contributed by atoms with E-state index in [1.54, 1.807) is 26.1 Å². The number of hydrogen-bond acceptors (Lipinski definition) is 4. The maximum absolute atomic E-state index is 12.0. The molecule has 1 heterocycles. The van der Waals surface area contributed by atoms with Gasteiger partial charge in [0.15, 0.2) is 0 Å². The van der Waals surface area contributed by atoms with Crippen LogP contribution in [-0.2, 0) is 10.4 Å². The van der Waals surface area contributed by atoms with Gasteiger partial charge < -0.3 is 14.7 Å². The highest BCUT2D eigenvalue weighted by Crippen LogP contribution is 2.35. The number of hydrogen-bond donors (Lipinski definition) is 1. The molecule has 1 saturated heterocycles. The smallest absolute Gasteiger partial charge is 0.236 e. The van der Waals surface area contributed by atoms with Crippen LogP contribution in [0.5, 0.6) is 5.75 Å². The molecule has 1 aliphatic rings. The van der Waals surface area contributed by atoms with Crippen molar-refractivity contribution in [3.63, 3.8) is 0 Å². The van der Waals surface area contributed by atoms with E-state index in [0.717, 1.165) is 30.7 Å². The lowest BCUT2D eigenvalue weighted by Crippen LogP contribution is -2.48. The van der Waals surface area contributed by atoms with Crippen molar-refractivity contribution in [1.82, 2.24) is 9.80 Å². The monoisotopic (exact) mass is 306 g/mol. The van der Waals surface area contributed by atoms with Crippen molar-refractivity contribution in [1.29, 1.82) is 0 Å². The van der Waals surface area contributed by atoms with Crippen LogP contribution in [0.15, 0.2) is 24.3 Å². The zero-order valence-electron chi connectivity index (χ0n) is 13.9. The third-order valence-corrected chi connectivity index (χ3v) is 4.52. The van der Waals surface area contributed by atoms with Gasteiger partial charge in [0.25, 0.3) is 0 Å². The average Bonchev–Trinajstić information content (AvgIpc) is 2.96. The Morgan fingerprint density at radius 3 is 2.59 bits per heavy atom. The summed E-state index contributed by atoms with van der Waals surface area (Å²) in [5.41, 5.74) is -0.141. The van der Waals surface area contributed by atoms with Crippen LogP contribution in [0.25, 0.3) is 0 Å². The Morgan fingerprint density at radius 1 is 1.41 bits per heavy atom. The summed E-state index contributed by atoms with van der Waals surface area (Å²) in [6, 6.07) is 7.44. The van der Waals surface area contributed by atoms with Gasteiger partial charge in [-0.05, 0) is 44.0 Å². The standard InChI is InChI=1S/C17H26N2O3/c1-17(21,13-7-9-14(22-4)10-8-13)15-6-5-11-19(15)12-16(20)18(2)3/h7-10,15,21H,5-6,11-12H2,1-4H3/t15-,17-/m1/s1. The molecule has 1 aliphatic heterocycles. The first-order chi connectivity index (χ1) is 10.4. The molecule has 22 heavy (non-hydrogen) atoms. The molecule has 2 atom stereocenters. The van der Waals surface area contributed by atoms with Crippen LogP contribution >= 0.6 is 0 Å². The minimum Gasteiger partial charge on any atom is -0.497 e. The molecule has 5 heteroatoms. The van der Waals surface area contributed by atoms with E-state index in [9.17, 15) is 9.90 Å². The van der Waals surface area contributed by atoms with E-state index in [-0.39, 0.29) is 11.9 Å². The van der Waals surface area contributed by atoms with Crippen molar-refractivity contribution < 1.29 is 14.6 Å². The summed E-state index contributed by atoms with van der Waals surface area (Å²) in [6.07, 6.45) is 1.89. The highest BCUT2D eigenvalue weighted by Gasteiger charge is 2.41. The van der Waals surface area contributed by atoms with Crippen LogP contribution in [0, 0.1) is 0 Å². The molecule has 0 unspecified atom stereocenters. The molecule has 1 fully saturated rings. The first kappa shape index (κ1) is 16.8. The van der Waals surface area contributed by atoms with E-state index in [0.29, 0.717) is 6.54 Å². The van der Waals surface area contributed by atoms with E-state index >= 15 is 0 Å². The van der Waals surface area contributed by atoms with E-state index in [1.165, 1.54) is 0 Å². The van der Waals surface area contributed by atoms with Gasteiger partial charge in [-0.25, -0.2) is 0 Å². The van der Waals surface area contributed by atoms with Gasteiger partial charge in [-0.3, -0.25) is 9.69 Å². The Kier molecular flexibility index (Phi) is 5.08. The zero-order valence-corrected chi connectivity index (χ0v) is 13.9. The van der Waals surface area contributed by atoms with E-state index in [1.807, 2.05) is 31.2 Å². The van der Waals surface area contributed by atoms with Gasteiger partial charge in [0.2, 0.25) is 5.91 Å². The lowest BCUT2D eigenvalue weighted by molar-refractivity contribution is -0.131. The molecule has 0 radical (unpaired) electrons. The maximum atomic E-state index is 12.0. The summed E-state index contributed by atoms with van der Waals surface area (Å²) in [7, 11) is 5.14. The summed E-state index contributed by atoms with van der Waals surface area (Å²) in [4.78, 5) is 15.7. The molecular formula is C17H26N2O3. The van der Waals surface area contributed by atoms with Crippen LogP contribution in [0.1, 0.15) is 25.3 Å². The average molecular weight is 306 g/mol. The first-order valence-electron chi connectivity index (χ1n) is 7.67. The van der Waals surface area contributed by atoms with Crippen molar-refractivity contribution in [2.75, 3.05) is 34.3 Å². The molecule has 2 rings (SSSR count). The number of carbonyl (C=O) groups is 1. The zero-order chi connectivity index (χ0) is 16.3. The topological polar surface area (TPSA) is 53.0 Å². The van der Waals surface area contributed by atoms with Crippen molar-refractivity contribution in [3.05, 3.63) is 29.8 Å². The first-order valence-corrected chi connectivity index (χ1v) is 7.67. The van der Waals surface area contributed by atoms with Crippen molar-refractivity contribution in [2.24, 2.45) is 0 Å². The van der Waals surface area contributed by atoms with Crippen molar-refractivity contribution in [3.8, 4) is 5.75 Å². The summed E-state index contributed by atoms with van der Waals surface area (Å²) in [5.74, 6) is 0.836. The molecule has 0 saturated carbocycles. The van der Waals surface area contributed by atoms with Gasteiger partial charge in [-0.1, -0.05) is 12.1 Å². The Hall–Kier alpha value is -1.59. The van der Waals surface area contributed by atoms with Crippen molar-refractivity contribution >= 4 is 5.91 Å². The number of benzene rings is 1. The predicted molar refractivity (Wildman–Crippen MR) is 85.9 cm³/mol. The normalized spacial score (nSPS) is 21.4. The van der Waals surface area contributed by atoms with Crippen LogP contribution in [0.4, 0.5) is 0 Å². The third kappa shape index (κ3) is 3.42. The quantitative estimate of drug-likeness (QED) is 0.895.